The lowest BCUT2D eigenvalue weighted by Gasteiger charge is -2.20. The van der Waals surface area contributed by atoms with Gasteiger partial charge in [-0.3, -0.25) is 0 Å². The number of pyridine rings is 1. The standard InChI is InChI=1S/C12H16N4O/c13-10-3-4-12-14-11(15-16(12)7-10)6-9-2-1-5-17-8-9/h3-4,7,9H,1-2,5-6,8,13H2. The third-order valence-electron chi connectivity index (χ3n) is 3.12. The van der Waals surface area contributed by atoms with Gasteiger partial charge in [0.25, 0.3) is 0 Å². The van der Waals surface area contributed by atoms with Crippen molar-refractivity contribution in [2.24, 2.45) is 5.92 Å². The van der Waals surface area contributed by atoms with Crippen LogP contribution in [0.4, 0.5) is 5.69 Å². The molecule has 0 spiro atoms. The highest BCUT2D eigenvalue weighted by atomic mass is 16.5. The molecule has 1 aliphatic heterocycles. The van der Waals surface area contributed by atoms with Gasteiger partial charge in [0.1, 0.15) is 0 Å². The highest BCUT2D eigenvalue weighted by Crippen LogP contribution is 2.17. The van der Waals surface area contributed by atoms with Crippen LogP contribution in [0.15, 0.2) is 18.3 Å². The maximum Gasteiger partial charge on any atom is 0.155 e. The van der Waals surface area contributed by atoms with Crippen LogP contribution >= 0.6 is 0 Å². The summed E-state index contributed by atoms with van der Waals surface area (Å²) in [5.74, 6) is 1.43. The lowest BCUT2D eigenvalue weighted by Crippen LogP contribution is -2.19. The first kappa shape index (κ1) is 10.5. The molecule has 17 heavy (non-hydrogen) atoms. The van der Waals surface area contributed by atoms with Crippen LogP contribution in [0.1, 0.15) is 18.7 Å². The molecular formula is C12H16N4O. The van der Waals surface area contributed by atoms with E-state index in [0.29, 0.717) is 11.6 Å². The average molecular weight is 232 g/mol. The van der Waals surface area contributed by atoms with Gasteiger partial charge < -0.3 is 10.5 Å². The van der Waals surface area contributed by atoms with Gasteiger partial charge in [0, 0.05) is 19.6 Å². The SMILES string of the molecule is Nc1ccc2nc(CC3CCCOC3)nn2c1. The van der Waals surface area contributed by atoms with Crippen molar-refractivity contribution in [3.63, 3.8) is 0 Å². The van der Waals surface area contributed by atoms with E-state index in [1.165, 1.54) is 6.42 Å². The third-order valence-corrected chi connectivity index (χ3v) is 3.12. The van der Waals surface area contributed by atoms with Crippen molar-refractivity contribution < 1.29 is 4.74 Å². The molecule has 5 nitrogen and oxygen atoms in total. The van der Waals surface area contributed by atoms with Crippen LogP contribution in [0.3, 0.4) is 0 Å². The molecule has 1 saturated heterocycles. The molecule has 3 rings (SSSR count). The van der Waals surface area contributed by atoms with Crippen molar-refractivity contribution in [1.82, 2.24) is 14.6 Å². The first-order chi connectivity index (χ1) is 8.31. The van der Waals surface area contributed by atoms with E-state index in [2.05, 4.69) is 10.1 Å². The van der Waals surface area contributed by atoms with E-state index in [9.17, 15) is 0 Å². The Kier molecular flexibility index (Phi) is 2.68. The van der Waals surface area contributed by atoms with Crippen molar-refractivity contribution in [1.29, 1.82) is 0 Å². The summed E-state index contributed by atoms with van der Waals surface area (Å²) < 4.78 is 7.21. The van der Waals surface area contributed by atoms with Crippen LogP contribution in [0.2, 0.25) is 0 Å². The van der Waals surface area contributed by atoms with E-state index in [0.717, 1.165) is 37.5 Å². The first-order valence-corrected chi connectivity index (χ1v) is 6.00. The van der Waals surface area contributed by atoms with Crippen LogP contribution in [0.5, 0.6) is 0 Å². The molecule has 1 aliphatic rings. The molecule has 1 atom stereocenters. The van der Waals surface area contributed by atoms with E-state index in [4.69, 9.17) is 10.5 Å². The van der Waals surface area contributed by atoms with Crippen molar-refractivity contribution in [2.45, 2.75) is 19.3 Å². The fourth-order valence-electron chi connectivity index (χ4n) is 2.26. The molecule has 0 amide bonds. The van der Waals surface area contributed by atoms with Gasteiger partial charge in [0.2, 0.25) is 0 Å². The van der Waals surface area contributed by atoms with Gasteiger partial charge in [0.15, 0.2) is 11.5 Å². The van der Waals surface area contributed by atoms with Crippen molar-refractivity contribution in [3.8, 4) is 0 Å². The Labute approximate surface area is 99.6 Å². The molecular weight excluding hydrogens is 216 g/mol. The second-order valence-corrected chi connectivity index (χ2v) is 4.58. The zero-order valence-electron chi connectivity index (χ0n) is 9.67. The Bertz CT molecular complexity index is 516. The van der Waals surface area contributed by atoms with Crippen LogP contribution in [0, 0.1) is 5.92 Å². The highest BCUT2D eigenvalue weighted by Gasteiger charge is 2.16. The molecule has 2 N–H and O–H groups in total. The largest absolute Gasteiger partial charge is 0.397 e. The molecule has 3 heterocycles. The minimum atomic E-state index is 0.554. The number of aromatic nitrogens is 3. The lowest BCUT2D eigenvalue weighted by atomic mass is 9.98. The monoisotopic (exact) mass is 232 g/mol. The molecule has 1 fully saturated rings. The molecule has 0 aliphatic carbocycles. The fourth-order valence-corrected chi connectivity index (χ4v) is 2.26. The molecule has 0 radical (unpaired) electrons. The number of ether oxygens (including phenoxy) is 1. The molecule has 0 bridgehead atoms. The summed E-state index contributed by atoms with van der Waals surface area (Å²) in [6.07, 6.45) is 5.04. The van der Waals surface area contributed by atoms with Gasteiger partial charge in [0.05, 0.1) is 11.9 Å². The molecule has 90 valence electrons. The Balaban J connectivity index is 1.80. The van der Waals surface area contributed by atoms with Crippen molar-refractivity contribution in [3.05, 3.63) is 24.2 Å². The topological polar surface area (TPSA) is 65.4 Å². The van der Waals surface area contributed by atoms with Crippen LogP contribution in [-0.4, -0.2) is 27.8 Å². The average Bonchev–Trinajstić information content (AvgIpc) is 2.71. The smallest absolute Gasteiger partial charge is 0.155 e. The van der Waals surface area contributed by atoms with Gasteiger partial charge in [-0.1, -0.05) is 0 Å². The van der Waals surface area contributed by atoms with Crippen LogP contribution in [-0.2, 0) is 11.2 Å². The number of nitrogens with zero attached hydrogens (tertiary/aromatic N) is 3. The lowest BCUT2D eigenvalue weighted by molar-refractivity contribution is 0.0543. The maximum atomic E-state index is 5.71. The minimum absolute atomic E-state index is 0.554. The summed E-state index contributed by atoms with van der Waals surface area (Å²) in [6.45, 7) is 1.73. The normalized spacial score (nSPS) is 20.8. The van der Waals surface area contributed by atoms with E-state index in [1.54, 1.807) is 10.7 Å². The number of nitrogen functional groups attached to an aromatic ring is 1. The zero-order chi connectivity index (χ0) is 11.7. The molecule has 1 unspecified atom stereocenters. The minimum Gasteiger partial charge on any atom is -0.397 e. The summed E-state index contributed by atoms with van der Waals surface area (Å²) in [4.78, 5) is 4.49. The van der Waals surface area contributed by atoms with Crippen molar-refractivity contribution >= 4 is 11.3 Å². The molecule has 2 aromatic rings. The van der Waals surface area contributed by atoms with Gasteiger partial charge >= 0.3 is 0 Å². The molecule has 5 heteroatoms. The molecule has 2 aromatic heterocycles. The highest BCUT2D eigenvalue weighted by molar-refractivity contribution is 5.46. The molecule has 0 saturated carbocycles. The number of fused-ring (bicyclic) bond motifs is 1. The summed E-state index contributed by atoms with van der Waals surface area (Å²) >= 11 is 0. The number of hydrogen-bond acceptors (Lipinski definition) is 4. The summed E-state index contributed by atoms with van der Waals surface area (Å²) in [5, 5.41) is 4.44. The summed E-state index contributed by atoms with van der Waals surface area (Å²) in [7, 11) is 0. The number of rotatable bonds is 2. The Morgan fingerprint density at radius 3 is 3.24 bits per heavy atom. The quantitative estimate of drug-likeness (QED) is 0.847. The predicted octanol–water partition coefficient (Wildman–Crippen LogP) is 1.28. The Morgan fingerprint density at radius 1 is 1.47 bits per heavy atom. The van der Waals surface area contributed by atoms with E-state index >= 15 is 0 Å². The van der Waals surface area contributed by atoms with Crippen LogP contribution in [0.25, 0.3) is 5.65 Å². The third kappa shape index (κ3) is 2.24. The zero-order valence-corrected chi connectivity index (χ0v) is 9.67. The number of anilines is 1. The summed E-state index contributed by atoms with van der Waals surface area (Å²) in [6, 6.07) is 3.74. The van der Waals surface area contributed by atoms with Gasteiger partial charge in [-0.05, 0) is 30.9 Å². The second-order valence-electron chi connectivity index (χ2n) is 4.58. The predicted molar refractivity (Wildman–Crippen MR) is 64.6 cm³/mol. The van der Waals surface area contributed by atoms with Gasteiger partial charge in [-0.2, -0.15) is 5.10 Å². The van der Waals surface area contributed by atoms with Gasteiger partial charge in [-0.25, -0.2) is 9.50 Å². The maximum absolute atomic E-state index is 5.71. The first-order valence-electron chi connectivity index (χ1n) is 6.00. The summed E-state index contributed by atoms with van der Waals surface area (Å²) in [5.41, 5.74) is 7.27. The second kappa shape index (κ2) is 4.33. The van der Waals surface area contributed by atoms with Gasteiger partial charge in [-0.15, -0.1) is 0 Å². The van der Waals surface area contributed by atoms with Crippen molar-refractivity contribution in [2.75, 3.05) is 18.9 Å². The van der Waals surface area contributed by atoms with E-state index < -0.39 is 0 Å². The van der Waals surface area contributed by atoms with Crippen LogP contribution < -0.4 is 5.73 Å². The number of hydrogen-bond donors (Lipinski definition) is 1. The Morgan fingerprint density at radius 2 is 2.41 bits per heavy atom. The van der Waals surface area contributed by atoms with E-state index in [1.807, 2.05) is 12.1 Å². The van der Waals surface area contributed by atoms with E-state index in [-0.39, 0.29) is 0 Å². The molecule has 0 aromatic carbocycles. The fraction of sp³-hybridized carbons (Fsp3) is 0.500. The Hall–Kier alpha value is -1.62. The number of nitrogens with two attached hydrogens (primary N) is 1.